The molecule has 0 aromatic carbocycles. The third kappa shape index (κ3) is 5.93. The summed E-state index contributed by atoms with van der Waals surface area (Å²) in [6.45, 7) is 4.50. The molecule has 0 aromatic rings. The number of nitrogens with two attached hydrogens (primary N) is 1. The third-order valence-electron chi connectivity index (χ3n) is 1.85. The van der Waals surface area contributed by atoms with Crippen LogP contribution in [-0.4, -0.2) is 30.5 Å². The average molecular weight is 204 g/mol. The second kappa shape index (κ2) is 7.21. The highest BCUT2D eigenvalue weighted by Gasteiger charge is 2.13. The molecule has 4 heteroatoms. The van der Waals surface area contributed by atoms with Crippen LogP contribution in [0, 0.1) is 5.92 Å². The van der Waals surface area contributed by atoms with Crippen LogP contribution >= 0.6 is 11.8 Å². The third-order valence-corrected chi connectivity index (χ3v) is 2.69. The maximum Gasteiger partial charge on any atom is 0.223 e. The summed E-state index contributed by atoms with van der Waals surface area (Å²) in [5, 5.41) is 2.95. The summed E-state index contributed by atoms with van der Waals surface area (Å²) < 4.78 is 0. The fourth-order valence-corrected chi connectivity index (χ4v) is 1.64. The van der Waals surface area contributed by atoms with Gasteiger partial charge < -0.3 is 11.1 Å². The molecule has 0 rings (SSSR count). The van der Waals surface area contributed by atoms with Gasteiger partial charge >= 0.3 is 0 Å². The molecule has 2 atom stereocenters. The van der Waals surface area contributed by atoms with E-state index in [-0.39, 0.29) is 17.9 Å². The van der Waals surface area contributed by atoms with Crippen molar-refractivity contribution in [2.45, 2.75) is 26.3 Å². The Morgan fingerprint density at radius 2 is 2.15 bits per heavy atom. The van der Waals surface area contributed by atoms with Gasteiger partial charge in [-0.1, -0.05) is 6.92 Å². The molecular formula is C9H20N2OS. The molecule has 3 N–H and O–H groups in total. The number of amides is 1. The Morgan fingerprint density at radius 3 is 2.62 bits per heavy atom. The van der Waals surface area contributed by atoms with Crippen LogP contribution in [0.4, 0.5) is 0 Å². The minimum Gasteiger partial charge on any atom is -0.353 e. The van der Waals surface area contributed by atoms with Crippen LogP contribution in [0.1, 0.15) is 20.3 Å². The predicted molar refractivity (Wildman–Crippen MR) is 58.8 cm³/mol. The lowest BCUT2D eigenvalue weighted by molar-refractivity contribution is -0.125. The SMILES string of the molecule is CSCC(C)NC(=O)C(C)CCN. The summed E-state index contributed by atoms with van der Waals surface area (Å²) in [5.41, 5.74) is 5.37. The number of carbonyl (C=O) groups excluding carboxylic acids is 1. The molecule has 0 heterocycles. The van der Waals surface area contributed by atoms with Crippen LogP contribution in [0.15, 0.2) is 0 Å². The summed E-state index contributed by atoms with van der Waals surface area (Å²) >= 11 is 1.74. The van der Waals surface area contributed by atoms with Crippen molar-refractivity contribution >= 4 is 17.7 Å². The molecule has 3 nitrogen and oxygen atoms in total. The van der Waals surface area contributed by atoms with Crippen LogP contribution < -0.4 is 11.1 Å². The first-order valence-electron chi connectivity index (χ1n) is 4.61. The lowest BCUT2D eigenvalue weighted by atomic mass is 10.1. The first kappa shape index (κ1) is 12.8. The lowest BCUT2D eigenvalue weighted by Crippen LogP contribution is -2.38. The first-order valence-corrected chi connectivity index (χ1v) is 6.00. The van der Waals surface area contributed by atoms with Gasteiger partial charge in [-0.05, 0) is 26.1 Å². The Bertz CT molecular complexity index is 153. The van der Waals surface area contributed by atoms with Gasteiger partial charge in [-0.15, -0.1) is 0 Å². The van der Waals surface area contributed by atoms with Crippen molar-refractivity contribution in [3.8, 4) is 0 Å². The average Bonchev–Trinajstić information content (AvgIpc) is 2.05. The number of rotatable bonds is 6. The largest absolute Gasteiger partial charge is 0.353 e. The normalized spacial score (nSPS) is 15.1. The van der Waals surface area contributed by atoms with E-state index in [1.165, 1.54) is 0 Å². The molecular weight excluding hydrogens is 184 g/mol. The number of carbonyl (C=O) groups is 1. The van der Waals surface area contributed by atoms with Crippen molar-refractivity contribution in [2.24, 2.45) is 11.7 Å². The van der Waals surface area contributed by atoms with Gasteiger partial charge in [0.25, 0.3) is 0 Å². The highest BCUT2D eigenvalue weighted by Crippen LogP contribution is 2.02. The summed E-state index contributed by atoms with van der Waals surface area (Å²) in [6, 6.07) is 0.253. The molecule has 0 aromatic heterocycles. The highest BCUT2D eigenvalue weighted by atomic mass is 32.2. The maximum atomic E-state index is 11.4. The molecule has 0 aliphatic rings. The van der Waals surface area contributed by atoms with E-state index < -0.39 is 0 Å². The van der Waals surface area contributed by atoms with Gasteiger partial charge in [0, 0.05) is 17.7 Å². The zero-order chi connectivity index (χ0) is 10.3. The van der Waals surface area contributed by atoms with Crippen molar-refractivity contribution < 1.29 is 4.79 Å². The second-order valence-corrected chi connectivity index (χ2v) is 4.25. The van der Waals surface area contributed by atoms with Gasteiger partial charge in [-0.3, -0.25) is 4.79 Å². The molecule has 0 saturated carbocycles. The van der Waals surface area contributed by atoms with Gasteiger partial charge in [-0.2, -0.15) is 11.8 Å². The minimum atomic E-state index is 0.0364. The van der Waals surface area contributed by atoms with E-state index in [1.807, 2.05) is 20.1 Å². The fraction of sp³-hybridized carbons (Fsp3) is 0.889. The Hall–Kier alpha value is -0.220. The van der Waals surface area contributed by atoms with Crippen molar-refractivity contribution in [1.29, 1.82) is 0 Å². The molecule has 13 heavy (non-hydrogen) atoms. The van der Waals surface area contributed by atoms with Gasteiger partial charge in [0.15, 0.2) is 0 Å². The monoisotopic (exact) mass is 204 g/mol. The fourth-order valence-electron chi connectivity index (χ4n) is 1.06. The summed E-state index contributed by atoms with van der Waals surface area (Å²) in [7, 11) is 0. The van der Waals surface area contributed by atoms with Crippen molar-refractivity contribution in [2.75, 3.05) is 18.6 Å². The van der Waals surface area contributed by atoms with Gasteiger partial charge in [0.05, 0.1) is 0 Å². The molecule has 0 bridgehead atoms. The molecule has 2 unspecified atom stereocenters. The Morgan fingerprint density at radius 1 is 1.54 bits per heavy atom. The van der Waals surface area contributed by atoms with Gasteiger partial charge in [0.1, 0.15) is 0 Å². The summed E-state index contributed by atoms with van der Waals surface area (Å²) in [5.74, 6) is 1.11. The van der Waals surface area contributed by atoms with Crippen molar-refractivity contribution in [3.63, 3.8) is 0 Å². The smallest absolute Gasteiger partial charge is 0.223 e. The number of hydrogen-bond acceptors (Lipinski definition) is 3. The lowest BCUT2D eigenvalue weighted by Gasteiger charge is -2.16. The molecule has 0 radical (unpaired) electrons. The molecule has 1 amide bonds. The standard InChI is InChI=1S/C9H20N2OS/c1-7(4-5-10)9(12)11-8(2)6-13-3/h7-8H,4-6,10H2,1-3H3,(H,11,12). The predicted octanol–water partition coefficient (Wildman–Crippen LogP) is 0.839. The molecule has 78 valence electrons. The van der Waals surface area contributed by atoms with E-state index >= 15 is 0 Å². The summed E-state index contributed by atoms with van der Waals surface area (Å²) in [6.07, 6.45) is 2.80. The van der Waals surface area contributed by atoms with Gasteiger partial charge in [0.2, 0.25) is 5.91 Å². The highest BCUT2D eigenvalue weighted by molar-refractivity contribution is 7.98. The van der Waals surface area contributed by atoms with Crippen LogP contribution in [-0.2, 0) is 4.79 Å². The molecule has 0 spiro atoms. The Kier molecular flexibility index (Phi) is 7.09. The van der Waals surface area contributed by atoms with Crippen LogP contribution in [0.5, 0.6) is 0 Å². The topological polar surface area (TPSA) is 55.1 Å². The first-order chi connectivity index (χ1) is 6.11. The second-order valence-electron chi connectivity index (χ2n) is 3.34. The minimum absolute atomic E-state index is 0.0364. The zero-order valence-electron chi connectivity index (χ0n) is 8.67. The van der Waals surface area contributed by atoms with Crippen molar-refractivity contribution in [3.05, 3.63) is 0 Å². The van der Waals surface area contributed by atoms with Crippen LogP contribution in [0.25, 0.3) is 0 Å². The number of nitrogens with one attached hydrogen (secondary N) is 1. The van der Waals surface area contributed by atoms with Gasteiger partial charge in [-0.25, -0.2) is 0 Å². The van der Waals surface area contributed by atoms with Crippen LogP contribution in [0.3, 0.4) is 0 Å². The molecule has 0 fully saturated rings. The van der Waals surface area contributed by atoms with E-state index in [9.17, 15) is 4.79 Å². The zero-order valence-corrected chi connectivity index (χ0v) is 9.49. The molecule has 0 aliphatic heterocycles. The summed E-state index contributed by atoms with van der Waals surface area (Å²) in [4.78, 5) is 11.4. The van der Waals surface area contributed by atoms with Crippen LogP contribution in [0.2, 0.25) is 0 Å². The Labute approximate surface area is 84.8 Å². The van der Waals surface area contributed by atoms with E-state index in [4.69, 9.17) is 5.73 Å². The van der Waals surface area contributed by atoms with Crippen molar-refractivity contribution in [1.82, 2.24) is 5.32 Å². The quantitative estimate of drug-likeness (QED) is 0.674. The molecule has 0 saturated heterocycles. The van der Waals surface area contributed by atoms with E-state index in [0.29, 0.717) is 6.54 Å². The maximum absolute atomic E-state index is 11.4. The van der Waals surface area contributed by atoms with E-state index in [0.717, 1.165) is 12.2 Å². The van der Waals surface area contributed by atoms with E-state index in [1.54, 1.807) is 11.8 Å². The number of hydrogen-bond donors (Lipinski definition) is 2. The number of thioether (sulfide) groups is 1. The van der Waals surface area contributed by atoms with E-state index in [2.05, 4.69) is 5.32 Å². The molecule has 0 aliphatic carbocycles. The Balaban J connectivity index is 3.71.